The van der Waals surface area contributed by atoms with E-state index >= 15 is 0 Å². The number of aromatic hydroxyl groups is 1. The fourth-order valence-electron chi connectivity index (χ4n) is 2.49. The van der Waals surface area contributed by atoms with Crippen molar-refractivity contribution in [2.24, 2.45) is 5.10 Å². The molecular formula is C21H15ClN4O5S. The molecule has 0 saturated heterocycles. The summed E-state index contributed by atoms with van der Waals surface area (Å²) in [5, 5.41) is 29.0. The number of carbonyl (C=O) groups excluding carboxylic acids is 2. The van der Waals surface area contributed by atoms with Crippen LogP contribution in [0.2, 0.25) is 5.02 Å². The van der Waals surface area contributed by atoms with Crippen molar-refractivity contribution in [3.8, 4) is 5.75 Å². The van der Waals surface area contributed by atoms with Crippen molar-refractivity contribution in [2.75, 3.05) is 0 Å². The van der Waals surface area contributed by atoms with Gasteiger partial charge in [-0.25, -0.2) is 5.43 Å². The van der Waals surface area contributed by atoms with Crippen LogP contribution in [0.15, 0.2) is 70.8 Å². The second kappa shape index (κ2) is 10.3. The van der Waals surface area contributed by atoms with E-state index in [0.717, 1.165) is 24.4 Å². The van der Waals surface area contributed by atoms with Crippen LogP contribution in [0, 0.1) is 10.1 Å². The predicted octanol–water partition coefficient (Wildman–Crippen LogP) is 3.94. The van der Waals surface area contributed by atoms with Crippen molar-refractivity contribution in [1.82, 2.24) is 10.7 Å². The lowest BCUT2D eigenvalue weighted by atomic mass is 10.2. The fraction of sp³-hybridized carbons (Fsp3) is 0. The average Bonchev–Trinajstić information content (AvgIpc) is 3.27. The van der Waals surface area contributed by atoms with Gasteiger partial charge in [0.05, 0.1) is 21.7 Å². The summed E-state index contributed by atoms with van der Waals surface area (Å²) in [5.74, 6) is -1.59. The summed E-state index contributed by atoms with van der Waals surface area (Å²) >= 11 is 7.40. The van der Waals surface area contributed by atoms with Gasteiger partial charge in [0, 0.05) is 22.6 Å². The SMILES string of the molecule is O=C(N/N=C/c1cc([N+](=O)[O-])ccc1O)/C(=C\c1cccs1)NC(=O)c1ccccc1Cl. The van der Waals surface area contributed by atoms with Crippen molar-refractivity contribution in [2.45, 2.75) is 0 Å². The number of nitrogens with zero attached hydrogens (tertiary/aromatic N) is 2. The molecule has 3 aromatic rings. The summed E-state index contributed by atoms with van der Waals surface area (Å²) in [6.07, 6.45) is 2.52. The van der Waals surface area contributed by atoms with E-state index < -0.39 is 16.7 Å². The highest BCUT2D eigenvalue weighted by Gasteiger charge is 2.16. The number of halogens is 1. The fourth-order valence-corrected chi connectivity index (χ4v) is 3.37. The Balaban J connectivity index is 1.80. The summed E-state index contributed by atoms with van der Waals surface area (Å²) in [6.45, 7) is 0. The van der Waals surface area contributed by atoms with Crippen LogP contribution >= 0.6 is 22.9 Å². The first-order valence-corrected chi connectivity index (χ1v) is 10.2. The number of hydrogen-bond donors (Lipinski definition) is 3. The van der Waals surface area contributed by atoms with E-state index in [1.807, 2.05) is 0 Å². The van der Waals surface area contributed by atoms with E-state index in [-0.39, 0.29) is 33.3 Å². The summed E-state index contributed by atoms with van der Waals surface area (Å²) in [7, 11) is 0. The molecule has 0 spiro atoms. The summed E-state index contributed by atoms with van der Waals surface area (Å²) in [5.41, 5.74) is 2.10. The first kappa shape index (κ1) is 22.7. The topological polar surface area (TPSA) is 134 Å². The molecule has 2 amide bonds. The van der Waals surface area contributed by atoms with Crippen LogP contribution < -0.4 is 10.7 Å². The maximum absolute atomic E-state index is 12.7. The molecule has 0 bridgehead atoms. The lowest BCUT2D eigenvalue weighted by Gasteiger charge is -2.09. The summed E-state index contributed by atoms with van der Waals surface area (Å²) in [4.78, 5) is 36.2. The van der Waals surface area contributed by atoms with Gasteiger partial charge in [-0.3, -0.25) is 19.7 Å². The molecule has 0 radical (unpaired) electrons. The van der Waals surface area contributed by atoms with Gasteiger partial charge < -0.3 is 10.4 Å². The number of hydrazone groups is 1. The Morgan fingerprint density at radius 2 is 1.94 bits per heavy atom. The molecule has 162 valence electrons. The largest absolute Gasteiger partial charge is 0.507 e. The molecule has 9 nitrogen and oxygen atoms in total. The zero-order chi connectivity index (χ0) is 23.1. The van der Waals surface area contributed by atoms with Gasteiger partial charge >= 0.3 is 0 Å². The molecule has 0 aliphatic carbocycles. The number of hydrogen-bond acceptors (Lipinski definition) is 7. The number of nitrogens with one attached hydrogen (secondary N) is 2. The van der Waals surface area contributed by atoms with Crippen molar-refractivity contribution in [3.05, 3.63) is 96.8 Å². The number of phenols is 1. The van der Waals surface area contributed by atoms with Crippen LogP contribution in [0.1, 0.15) is 20.8 Å². The lowest BCUT2D eigenvalue weighted by Crippen LogP contribution is -2.33. The van der Waals surface area contributed by atoms with E-state index in [0.29, 0.717) is 4.88 Å². The number of amides is 2. The van der Waals surface area contributed by atoms with E-state index in [1.165, 1.54) is 23.5 Å². The normalized spacial score (nSPS) is 11.3. The third kappa shape index (κ3) is 5.78. The van der Waals surface area contributed by atoms with Crippen molar-refractivity contribution in [1.29, 1.82) is 0 Å². The van der Waals surface area contributed by atoms with Crippen LogP contribution in [-0.2, 0) is 4.79 Å². The standard InChI is InChI=1S/C21H15ClN4O5S/c22-17-6-2-1-5-16(17)20(28)24-18(11-15-4-3-9-32-15)21(29)25-23-12-13-10-14(26(30)31)7-8-19(13)27/h1-12,27H,(H,24,28)(H,25,29)/b18-11+,23-12+. The van der Waals surface area contributed by atoms with Crippen LogP contribution in [0.3, 0.4) is 0 Å². The van der Waals surface area contributed by atoms with E-state index in [4.69, 9.17) is 11.6 Å². The van der Waals surface area contributed by atoms with Gasteiger partial charge in [0.2, 0.25) is 0 Å². The molecule has 0 saturated carbocycles. The van der Waals surface area contributed by atoms with Crippen LogP contribution in [0.5, 0.6) is 5.75 Å². The molecule has 32 heavy (non-hydrogen) atoms. The minimum absolute atomic E-state index is 0.0309. The third-order valence-corrected chi connectivity index (χ3v) is 5.18. The molecule has 2 aromatic carbocycles. The molecule has 0 aliphatic heterocycles. The molecule has 0 fully saturated rings. The summed E-state index contributed by atoms with van der Waals surface area (Å²) < 4.78 is 0. The monoisotopic (exact) mass is 470 g/mol. The highest BCUT2D eigenvalue weighted by atomic mass is 35.5. The second-order valence-corrected chi connectivity index (χ2v) is 7.59. The summed E-state index contributed by atoms with van der Waals surface area (Å²) in [6, 6.07) is 13.3. The average molecular weight is 471 g/mol. The van der Waals surface area contributed by atoms with Crippen molar-refractivity contribution < 1.29 is 19.6 Å². The zero-order valence-corrected chi connectivity index (χ0v) is 17.8. The highest BCUT2D eigenvalue weighted by Crippen LogP contribution is 2.21. The number of thiophene rings is 1. The Labute approximate surface area is 190 Å². The van der Waals surface area contributed by atoms with E-state index in [1.54, 1.807) is 35.7 Å². The number of nitro benzene ring substituents is 1. The third-order valence-electron chi connectivity index (χ3n) is 4.03. The number of nitro groups is 1. The molecule has 1 heterocycles. The number of rotatable bonds is 7. The van der Waals surface area contributed by atoms with Gasteiger partial charge in [0.25, 0.3) is 17.5 Å². The number of carbonyl (C=O) groups is 2. The minimum atomic E-state index is -0.750. The van der Waals surface area contributed by atoms with Gasteiger partial charge in [-0.1, -0.05) is 29.8 Å². The molecule has 0 aliphatic rings. The van der Waals surface area contributed by atoms with Gasteiger partial charge in [-0.05, 0) is 35.7 Å². The van der Waals surface area contributed by atoms with Crippen LogP contribution in [0.4, 0.5) is 5.69 Å². The van der Waals surface area contributed by atoms with Crippen LogP contribution in [0.25, 0.3) is 6.08 Å². The van der Waals surface area contributed by atoms with Crippen molar-refractivity contribution >= 4 is 52.7 Å². The zero-order valence-electron chi connectivity index (χ0n) is 16.2. The molecule has 0 unspecified atom stereocenters. The number of benzene rings is 2. The highest BCUT2D eigenvalue weighted by molar-refractivity contribution is 7.10. The van der Waals surface area contributed by atoms with Gasteiger partial charge in [0.1, 0.15) is 11.4 Å². The smallest absolute Gasteiger partial charge is 0.287 e. The predicted molar refractivity (Wildman–Crippen MR) is 122 cm³/mol. The Morgan fingerprint density at radius 1 is 1.16 bits per heavy atom. The Kier molecular flexibility index (Phi) is 7.32. The Morgan fingerprint density at radius 3 is 2.62 bits per heavy atom. The molecule has 3 N–H and O–H groups in total. The van der Waals surface area contributed by atoms with Gasteiger partial charge in [-0.2, -0.15) is 5.10 Å². The molecule has 1 aromatic heterocycles. The molecule has 11 heteroatoms. The number of non-ortho nitro benzene ring substituents is 1. The number of phenolic OH excluding ortho intramolecular Hbond substituents is 1. The molecular weight excluding hydrogens is 456 g/mol. The Hall–Kier alpha value is -4.02. The van der Waals surface area contributed by atoms with Gasteiger partial charge in [0.15, 0.2) is 0 Å². The van der Waals surface area contributed by atoms with E-state index in [2.05, 4.69) is 15.8 Å². The molecule has 0 atom stereocenters. The second-order valence-electron chi connectivity index (χ2n) is 6.21. The van der Waals surface area contributed by atoms with Crippen LogP contribution in [-0.4, -0.2) is 28.1 Å². The Bertz CT molecular complexity index is 1220. The molecule has 3 rings (SSSR count). The maximum Gasteiger partial charge on any atom is 0.287 e. The minimum Gasteiger partial charge on any atom is -0.507 e. The maximum atomic E-state index is 12.7. The van der Waals surface area contributed by atoms with Crippen molar-refractivity contribution in [3.63, 3.8) is 0 Å². The van der Waals surface area contributed by atoms with Gasteiger partial charge in [-0.15, -0.1) is 11.3 Å². The first-order chi connectivity index (χ1) is 15.3. The lowest BCUT2D eigenvalue weighted by molar-refractivity contribution is -0.384. The first-order valence-electron chi connectivity index (χ1n) is 8.97. The quantitative estimate of drug-likeness (QED) is 0.208. The van der Waals surface area contributed by atoms with E-state index in [9.17, 15) is 24.8 Å².